The summed E-state index contributed by atoms with van der Waals surface area (Å²) in [6.07, 6.45) is 0.815. The summed E-state index contributed by atoms with van der Waals surface area (Å²) in [5.74, 6) is -0.0561. The average molecular weight is 662 g/mol. The van der Waals surface area contributed by atoms with Gasteiger partial charge < -0.3 is 24.1 Å². The molecule has 0 spiro atoms. The maximum atomic E-state index is 14.0. The van der Waals surface area contributed by atoms with Gasteiger partial charge in [-0.05, 0) is 67.9 Å². The van der Waals surface area contributed by atoms with E-state index in [1.165, 1.54) is 16.2 Å². The first-order chi connectivity index (χ1) is 22.3. The molecule has 1 aromatic heterocycles. The van der Waals surface area contributed by atoms with Gasteiger partial charge in [0.15, 0.2) is 18.1 Å². The number of aryl methyl sites for hydroxylation is 1. The van der Waals surface area contributed by atoms with Crippen LogP contribution < -0.4 is 19.2 Å². The maximum Gasteiger partial charge on any atom is 0.305 e. The Morgan fingerprint density at radius 3 is 2.46 bits per heavy atom. The van der Waals surface area contributed by atoms with Crippen molar-refractivity contribution in [2.75, 3.05) is 44.4 Å². The molecular formula is C34H35N3O7S2. The van der Waals surface area contributed by atoms with Crippen molar-refractivity contribution in [3.8, 4) is 11.5 Å². The summed E-state index contributed by atoms with van der Waals surface area (Å²) in [6.45, 7) is 6.32. The zero-order chi connectivity index (χ0) is 31.7. The molecule has 2 saturated heterocycles. The second-order valence-electron chi connectivity index (χ2n) is 12.7. The van der Waals surface area contributed by atoms with Gasteiger partial charge in [0.1, 0.15) is 0 Å². The summed E-state index contributed by atoms with van der Waals surface area (Å²) in [4.78, 5) is 60.5. The molecule has 4 unspecified atom stereocenters. The van der Waals surface area contributed by atoms with E-state index < -0.39 is 0 Å². The van der Waals surface area contributed by atoms with Gasteiger partial charge in [0, 0.05) is 29.1 Å². The molecule has 240 valence electrons. The zero-order valence-electron chi connectivity index (χ0n) is 25.6. The third kappa shape index (κ3) is 4.71. The number of rotatable bonds is 7. The number of imide groups is 1. The Morgan fingerprint density at radius 1 is 0.978 bits per heavy atom. The molecule has 2 saturated carbocycles. The first-order valence-corrected chi connectivity index (χ1v) is 17.6. The number of benzene rings is 2. The molecule has 3 aliphatic heterocycles. The number of thioether (sulfide) groups is 1. The molecule has 2 aromatic carbocycles. The fourth-order valence-corrected chi connectivity index (χ4v) is 11.4. The Balaban J connectivity index is 1.12. The quantitative estimate of drug-likeness (QED) is 0.377. The number of morpholine rings is 1. The third-order valence-corrected chi connectivity index (χ3v) is 12.9. The van der Waals surface area contributed by atoms with E-state index in [4.69, 9.17) is 14.2 Å². The molecule has 4 fully saturated rings. The first kappa shape index (κ1) is 29.8. The van der Waals surface area contributed by atoms with E-state index in [-0.39, 0.29) is 70.0 Å². The number of thiazole rings is 1. The Morgan fingerprint density at radius 2 is 1.72 bits per heavy atom. The van der Waals surface area contributed by atoms with Crippen LogP contribution in [0.5, 0.6) is 11.5 Å². The fourth-order valence-electron chi connectivity index (χ4n) is 8.49. The average Bonchev–Trinajstić information content (AvgIpc) is 3.80. The maximum absolute atomic E-state index is 14.0. The number of carbonyl (C=O) groups excluding carboxylic acids is 3. The lowest BCUT2D eigenvalue weighted by Gasteiger charge is -2.43. The molecule has 1 N–H and O–H groups in total. The Labute approximate surface area is 274 Å². The second kappa shape index (κ2) is 11.6. The minimum Gasteiger partial charge on any atom is -0.490 e. The number of nitrogens with one attached hydrogen (secondary N) is 1. The number of amides is 3. The number of hydrogen-bond donors (Lipinski definition) is 1. The number of hydrogen-bond acceptors (Lipinski definition) is 9. The number of carbonyl (C=O) groups is 3. The summed E-state index contributed by atoms with van der Waals surface area (Å²) in [7, 11) is 0. The van der Waals surface area contributed by atoms with Gasteiger partial charge >= 0.3 is 4.87 Å². The predicted molar refractivity (Wildman–Crippen MR) is 173 cm³/mol. The molecule has 8 rings (SSSR count). The molecule has 4 heterocycles. The molecule has 7 atom stereocenters. The van der Waals surface area contributed by atoms with Crippen molar-refractivity contribution >= 4 is 46.5 Å². The van der Waals surface area contributed by atoms with Gasteiger partial charge in [-0.1, -0.05) is 35.1 Å². The van der Waals surface area contributed by atoms with Crippen molar-refractivity contribution in [2.24, 2.45) is 29.6 Å². The minimum absolute atomic E-state index is 0.00682. The van der Waals surface area contributed by atoms with Gasteiger partial charge in [-0.25, -0.2) is 0 Å². The number of fused-ring (bicyclic) bond motifs is 9. The van der Waals surface area contributed by atoms with Gasteiger partial charge in [0.2, 0.25) is 11.8 Å². The van der Waals surface area contributed by atoms with E-state index in [0.29, 0.717) is 50.1 Å². The second-order valence-corrected chi connectivity index (χ2v) is 14.9. The highest BCUT2D eigenvalue weighted by Crippen LogP contribution is 2.68. The van der Waals surface area contributed by atoms with E-state index in [2.05, 4.69) is 4.98 Å². The van der Waals surface area contributed by atoms with Gasteiger partial charge in [0.25, 0.3) is 5.91 Å². The first-order valence-electron chi connectivity index (χ1n) is 15.9. The summed E-state index contributed by atoms with van der Waals surface area (Å²) in [5.41, 5.74) is 2.67. The van der Waals surface area contributed by atoms with Crippen LogP contribution >= 0.6 is 23.1 Å². The summed E-state index contributed by atoms with van der Waals surface area (Å²) in [6, 6.07) is 13.4. The van der Waals surface area contributed by atoms with Crippen molar-refractivity contribution in [1.82, 2.24) is 9.88 Å². The standard InChI is InChI=1S/C34H35N3O7S2/c1-3-43-23-14-18(6-9-22(23)44-16-24(38)36-10-12-42-13-11-36)25-26-20-15-21(29(26)45-31-30(25)46-34(41)35-31)28-27(20)32(39)37(33(28)40)19-7-4-17(2)5-8-19/h4-9,14,20-21,25-29H,3,10-13,15-16H2,1-2H3,(H,35,41)/t20-,21-,25-,26?,27?,28?,29?/m1/s1. The Bertz CT molecular complexity index is 1760. The van der Waals surface area contributed by atoms with Crippen LogP contribution in [0.25, 0.3) is 0 Å². The highest BCUT2D eigenvalue weighted by atomic mass is 32.2. The van der Waals surface area contributed by atoms with Crippen LogP contribution in [0.2, 0.25) is 0 Å². The SMILES string of the molecule is CCOc1cc([C@H]2c3sc(=O)[nH]c3SC3C2[C@H]2C[C@@H]3C3C(=O)N(c4ccc(C)cc4)C(=O)C32)ccc1OCC(=O)N1CCOCC1. The van der Waals surface area contributed by atoms with Gasteiger partial charge in [0.05, 0.1) is 42.4 Å². The lowest BCUT2D eigenvalue weighted by atomic mass is 9.68. The Hall–Kier alpha value is -3.61. The third-order valence-electron chi connectivity index (χ3n) is 10.4. The van der Waals surface area contributed by atoms with Gasteiger partial charge in [-0.15, -0.1) is 11.8 Å². The lowest BCUT2D eigenvalue weighted by Crippen LogP contribution is -2.43. The molecule has 46 heavy (non-hydrogen) atoms. The monoisotopic (exact) mass is 661 g/mol. The van der Waals surface area contributed by atoms with Gasteiger partial charge in [-0.3, -0.25) is 24.1 Å². The molecule has 3 aromatic rings. The van der Waals surface area contributed by atoms with Crippen molar-refractivity contribution in [2.45, 2.75) is 36.5 Å². The number of anilines is 1. The fraction of sp³-hybridized carbons (Fsp3) is 0.471. The van der Waals surface area contributed by atoms with E-state index in [1.54, 1.807) is 16.7 Å². The molecule has 3 amide bonds. The number of ether oxygens (including phenoxy) is 3. The van der Waals surface area contributed by atoms with Crippen LogP contribution in [0.1, 0.15) is 35.3 Å². The summed E-state index contributed by atoms with van der Waals surface area (Å²) >= 11 is 2.89. The van der Waals surface area contributed by atoms with E-state index in [9.17, 15) is 19.2 Å². The number of nitrogens with zero attached hydrogens (tertiary/aromatic N) is 2. The Kier molecular flexibility index (Phi) is 7.49. The molecule has 12 heteroatoms. The van der Waals surface area contributed by atoms with E-state index in [1.807, 2.05) is 56.3 Å². The molecule has 10 nitrogen and oxygen atoms in total. The molecule has 5 aliphatic rings. The van der Waals surface area contributed by atoms with Crippen LogP contribution in [0, 0.1) is 36.5 Å². The zero-order valence-corrected chi connectivity index (χ0v) is 27.2. The number of aromatic amines is 1. The van der Waals surface area contributed by atoms with Crippen molar-refractivity contribution < 1.29 is 28.6 Å². The largest absolute Gasteiger partial charge is 0.490 e. The van der Waals surface area contributed by atoms with Crippen molar-refractivity contribution in [3.63, 3.8) is 0 Å². The summed E-state index contributed by atoms with van der Waals surface area (Å²) < 4.78 is 17.4. The molecular weight excluding hydrogens is 627 g/mol. The van der Waals surface area contributed by atoms with Crippen LogP contribution in [-0.4, -0.2) is 72.4 Å². The summed E-state index contributed by atoms with van der Waals surface area (Å²) in [5, 5.41) is 0.938. The van der Waals surface area contributed by atoms with Crippen LogP contribution in [0.15, 0.2) is 52.3 Å². The van der Waals surface area contributed by atoms with E-state index >= 15 is 0 Å². The van der Waals surface area contributed by atoms with E-state index in [0.717, 1.165) is 27.5 Å². The lowest BCUT2D eigenvalue weighted by molar-refractivity contribution is -0.137. The molecule has 0 radical (unpaired) electrons. The number of H-pyrrole nitrogens is 1. The smallest absolute Gasteiger partial charge is 0.305 e. The highest BCUT2D eigenvalue weighted by molar-refractivity contribution is 8.00. The molecule has 2 bridgehead atoms. The number of aromatic nitrogens is 1. The van der Waals surface area contributed by atoms with Gasteiger partial charge in [-0.2, -0.15) is 0 Å². The van der Waals surface area contributed by atoms with Crippen LogP contribution in [0.3, 0.4) is 0 Å². The van der Waals surface area contributed by atoms with Crippen LogP contribution in [-0.2, 0) is 19.1 Å². The minimum atomic E-state index is -0.375. The van der Waals surface area contributed by atoms with Crippen LogP contribution in [0.4, 0.5) is 5.69 Å². The normalized spacial score (nSPS) is 29.5. The molecule has 2 aliphatic carbocycles. The van der Waals surface area contributed by atoms with Crippen molar-refractivity contribution in [1.29, 1.82) is 0 Å². The topological polar surface area (TPSA) is 118 Å². The predicted octanol–water partition coefficient (Wildman–Crippen LogP) is 4.06. The van der Waals surface area contributed by atoms with Crippen molar-refractivity contribution in [3.05, 3.63) is 68.1 Å². The highest BCUT2D eigenvalue weighted by Gasteiger charge is 2.69.